The van der Waals surface area contributed by atoms with E-state index in [0.29, 0.717) is 0 Å². The van der Waals surface area contributed by atoms with E-state index < -0.39 is 74.6 Å². The molecule has 2 heterocycles. The van der Waals surface area contributed by atoms with Gasteiger partial charge in [-0.05, 0) is 0 Å². The summed E-state index contributed by atoms with van der Waals surface area (Å²) in [5.74, 6) is -2.22. The molecule has 0 bridgehead atoms. The van der Waals surface area contributed by atoms with E-state index in [2.05, 4.69) is 0 Å². The van der Waals surface area contributed by atoms with Gasteiger partial charge in [-0.1, -0.05) is 0 Å². The molecular weight excluding hydrogens is 359 g/mol. The summed E-state index contributed by atoms with van der Waals surface area (Å²) >= 11 is 0. The van der Waals surface area contributed by atoms with Crippen LogP contribution in [0.2, 0.25) is 0 Å². The van der Waals surface area contributed by atoms with Crippen molar-refractivity contribution in [1.82, 2.24) is 0 Å². The van der Waals surface area contributed by atoms with Gasteiger partial charge in [-0.15, -0.1) is 0 Å². The molecule has 9 atom stereocenters. The van der Waals surface area contributed by atoms with Gasteiger partial charge in [0.25, 0.3) is 0 Å². The van der Waals surface area contributed by atoms with Gasteiger partial charge in [0.05, 0.1) is 13.2 Å². The zero-order valence-electron chi connectivity index (χ0n) is 14.0. The smallest absolute Gasteiger partial charge is 1.00 e. The Balaban J connectivity index is 0.00000288. The summed E-state index contributed by atoms with van der Waals surface area (Å²) in [6, 6.07) is 0. The van der Waals surface area contributed by atoms with E-state index >= 15 is 0 Å². The molecule has 11 nitrogen and oxygen atoms in total. The van der Waals surface area contributed by atoms with Crippen LogP contribution in [0, 0.1) is 0 Å². The maximum atomic E-state index is 10.00. The Hall–Kier alpha value is 1.20. The Kier molecular flexibility index (Phi) is 9.11. The van der Waals surface area contributed by atoms with Gasteiger partial charge in [-0.2, -0.15) is 0 Å². The zero-order chi connectivity index (χ0) is 17.4. The average Bonchev–Trinajstić information content (AvgIpc) is 2.80. The number of aliphatic hydroxyl groups excluding tert-OH is 8. The van der Waals surface area contributed by atoms with E-state index in [0.717, 1.165) is 0 Å². The summed E-state index contributed by atoms with van der Waals surface area (Å²) in [6.07, 6.45) is -12.7. The third kappa shape index (κ3) is 4.19. The molecule has 0 aromatic heterocycles. The van der Waals surface area contributed by atoms with Crippen LogP contribution in [-0.2, 0) is 14.2 Å². The fraction of sp³-hybridized carbons (Fsp3) is 1.00. The van der Waals surface area contributed by atoms with Gasteiger partial charge in [0, 0.05) is 0 Å². The summed E-state index contributed by atoms with van der Waals surface area (Å²) in [4.78, 5) is 0. The minimum Gasteiger partial charge on any atom is -1.00 e. The van der Waals surface area contributed by atoms with Gasteiger partial charge in [0.15, 0.2) is 6.29 Å². The minimum absolute atomic E-state index is 0. The Bertz CT molecular complexity index is 405. The van der Waals surface area contributed by atoms with Crippen LogP contribution in [-0.4, -0.2) is 115 Å². The summed E-state index contributed by atoms with van der Waals surface area (Å²) < 4.78 is 15.4. The van der Waals surface area contributed by atoms with Gasteiger partial charge in [-0.3, -0.25) is 0 Å². The Morgan fingerprint density at radius 1 is 0.833 bits per heavy atom. The molecule has 138 valence electrons. The number of aliphatic hydroxyl groups is 8. The molecule has 0 aromatic carbocycles. The van der Waals surface area contributed by atoms with Crippen molar-refractivity contribution >= 4 is 0 Å². The van der Waals surface area contributed by atoms with Gasteiger partial charge in [-0.25, -0.2) is 0 Å². The third-order valence-electron chi connectivity index (χ3n) is 4.07. The van der Waals surface area contributed by atoms with Gasteiger partial charge in [0.1, 0.15) is 49.3 Å². The fourth-order valence-corrected chi connectivity index (χ4v) is 2.63. The van der Waals surface area contributed by atoms with E-state index in [4.69, 9.17) is 24.4 Å². The van der Waals surface area contributed by atoms with Crippen LogP contribution in [0.3, 0.4) is 0 Å². The second-order valence-electron chi connectivity index (χ2n) is 5.56. The third-order valence-corrected chi connectivity index (χ3v) is 4.07. The van der Waals surface area contributed by atoms with Crippen molar-refractivity contribution in [2.24, 2.45) is 0 Å². The predicted molar refractivity (Wildman–Crippen MR) is 69.8 cm³/mol. The molecule has 2 rings (SSSR count). The van der Waals surface area contributed by atoms with Crippen LogP contribution in [0.1, 0.15) is 1.43 Å². The average molecular weight is 382 g/mol. The van der Waals surface area contributed by atoms with Crippen LogP contribution < -0.4 is 51.4 Å². The molecule has 2 fully saturated rings. The molecule has 0 amide bonds. The normalized spacial score (nSPS) is 49.0. The van der Waals surface area contributed by atoms with Crippen molar-refractivity contribution in [1.29, 1.82) is 0 Å². The number of hydrogen-bond donors (Lipinski definition) is 8. The number of ether oxygens (including phenoxy) is 3. The van der Waals surface area contributed by atoms with Crippen molar-refractivity contribution in [3.05, 3.63) is 0 Å². The molecule has 2 aliphatic rings. The fourth-order valence-electron chi connectivity index (χ4n) is 2.63. The van der Waals surface area contributed by atoms with E-state index in [1.165, 1.54) is 0 Å². The van der Waals surface area contributed by atoms with E-state index in [9.17, 15) is 30.6 Å². The van der Waals surface area contributed by atoms with Gasteiger partial charge >= 0.3 is 51.4 Å². The van der Waals surface area contributed by atoms with E-state index in [-0.39, 0.29) is 52.8 Å². The molecule has 12 heteroatoms. The molecule has 2 saturated heterocycles. The first-order chi connectivity index (χ1) is 10.8. The van der Waals surface area contributed by atoms with Crippen LogP contribution >= 0.6 is 0 Å². The molecule has 0 unspecified atom stereocenters. The van der Waals surface area contributed by atoms with Crippen molar-refractivity contribution in [2.75, 3.05) is 19.8 Å². The SMILES string of the molecule is OC[C@H]1O[C@@](CO)(O[C@H]2O[C@H](CO)[C@@H](O)[C@H](O)[C@H]2O)[C@@H](O)[C@@H]1O.[H-].[K+]. The molecule has 8 N–H and O–H groups in total. The molecule has 0 aromatic rings. The molecule has 0 saturated carbocycles. The Morgan fingerprint density at radius 3 is 1.88 bits per heavy atom. The summed E-state index contributed by atoms with van der Waals surface area (Å²) in [5, 5.41) is 76.7. The Labute approximate surface area is 181 Å². The number of rotatable bonds is 5. The summed E-state index contributed by atoms with van der Waals surface area (Å²) in [5.41, 5.74) is 0. The monoisotopic (exact) mass is 382 g/mol. The quantitative estimate of drug-likeness (QED) is 0.211. The molecular formula is C12H23KO11. The second-order valence-corrected chi connectivity index (χ2v) is 5.56. The van der Waals surface area contributed by atoms with Gasteiger partial charge in [0.2, 0.25) is 5.79 Å². The first-order valence-corrected chi connectivity index (χ1v) is 7.05. The molecule has 0 aliphatic carbocycles. The standard InChI is InChI=1S/C12H22O11.K.H/c13-1-4-6(16)8(18)9(19)11(21-4)23-12(3-15)10(20)7(17)5(2-14)22-12;;/h4-11,13-20H,1-3H2;;/q;+1;-1/t4-,5-,6-,7-,8+,9-,10+,11-,12+;;/m1../s1. The first kappa shape index (κ1) is 23.2. The van der Waals surface area contributed by atoms with E-state index in [1.54, 1.807) is 0 Å². The largest absolute Gasteiger partial charge is 1.00 e. The molecule has 2 aliphatic heterocycles. The maximum absolute atomic E-state index is 10.00. The van der Waals surface area contributed by atoms with Crippen LogP contribution in [0.25, 0.3) is 0 Å². The Morgan fingerprint density at radius 2 is 1.42 bits per heavy atom. The topological polar surface area (TPSA) is 190 Å². The molecule has 24 heavy (non-hydrogen) atoms. The first-order valence-electron chi connectivity index (χ1n) is 7.05. The number of hydrogen-bond acceptors (Lipinski definition) is 11. The summed E-state index contributed by atoms with van der Waals surface area (Å²) in [6.45, 7) is -2.32. The van der Waals surface area contributed by atoms with Crippen molar-refractivity contribution in [2.45, 2.75) is 54.8 Å². The van der Waals surface area contributed by atoms with E-state index in [1.807, 2.05) is 0 Å². The zero-order valence-corrected chi connectivity index (χ0v) is 16.2. The van der Waals surface area contributed by atoms with Crippen LogP contribution in [0.15, 0.2) is 0 Å². The van der Waals surface area contributed by atoms with Crippen molar-refractivity contribution in [3.8, 4) is 0 Å². The van der Waals surface area contributed by atoms with Crippen molar-refractivity contribution in [3.63, 3.8) is 0 Å². The molecule has 0 spiro atoms. The predicted octanol–water partition coefficient (Wildman–Crippen LogP) is -8.28. The van der Waals surface area contributed by atoms with Crippen LogP contribution in [0.5, 0.6) is 0 Å². The minimum atomic E-state index is -2.22. The van der Waals surface area contributed by atoms with Gasteiger partial charge < -0.3 is 56.5 Å². The maximum Gasteiger partial charge on any atom is 1.00 e. The van der Waals surface area contributed by atoms with Crippen molar-refractivity contribution < 1.29 is 108 Å². The second kappa shape index (κ2) is 9.41. The van der Waals surface area contributed by atoms with Crippen LogP contribution in [0.4, 0.5) is 0 Å². The molecule has 0 radical (unpaired) electrons. The summed E-state index contributed by atoms with van der Waals surface area (Å²) in [7, 11) is 0.